The summed E-state index contributed by atoms with van der Waals surface area (Å²) in [6, 6.07) is 17.2. The second kappa shape index (κ2) is 8.47. The Balaban J connectivity index is 0.000000194. The summed E-state index contributed by atoms with van der Waals surface area (Å²) in [5.41, 5.74) is 2.17. The Hall–Kier alpha value is -2.62. The van der Waals surface area contributed by atoms with E-state index in [1.165, 1.54) is 0 Å². The molecule has 1 aliphatic rings. The van der Waals surface area contributed by atoms with Gasteiger partial charge in [0.2, 0.25) is 0 Å². The summed E-state index contributed by atoms with van der Waals surface area (Å²) in [6.07, 6.45) is 2.23. The second-order valence-electron chi connectivity index (χ2n) is 6.51. The molecular weight excluding hydrogens is 316 g/mol. The van der Waals surface area contributed by atoms with Crippen LogP contribution in [0.2, 0.25) is 0 Å². The van der Waals surface area contributed by atoms with E-state index in [0.717, 1.165) is 24.0 Å². The number of hydrogen-bond donors (Lipinski definition) is 1. The zero-order valence-corrected chi connectivity index (χ0v) is 14.7. The third-order valence-corrected chi connectivity index (χ3v) is 4.35. The van der Waals surface area contributed by atoms with Crippen LogP contribution in [-0.4, -0.2) is 17.0 Å². The van der Waals surface area contributed by atoms with Crippen LogP contribution >= 0.6 is 0 Å². The van der Waals surface area contributed by atoms with Crippen LogP contribution in [0.25, 0.3) is 0 Å². The van der Waals surface area contributed by atoms with Crippen LogP contribution in [0.3, 0.4) is 0 Å². The monoisotopic (exact) mass is 340 g/mol. The first-order chi connectivity index (χ1) is 12.0. The molecule has 3 rings (SSSR count). The summed E-state index contributed by atoms with van der Waals surface area (Å²) in [6.45, 7) is 4.28. The molecule has 25 heavy (non-hydrogen) atoms. The number of carboxylic acids is 1. The van der Waals surface area contributed by atoms with Crippen molar-refractivity contribution >= 4 is 11.9 Å². The molecule has 2 aromatic rings. The molecule has 0 spiro atoms. The molecule has 132 valence electrons. The first kappa shape index (κ1) is 18.7. The SMILES string of the molecule is CCCC(C)(Cc1ccccc1)C(=O)O.O=C1OCc2ccccc21. The summed E-state index contributed by atoms with van der Waals surface area (Å²) in [7, 11) is 0. The first-order valence-electron chi connectivity index (χ1n) is 8.48. The fourth-order valence-electron chi connectivity index (χ4n) is 2.94. The molecule has 0 radical (unpaired) electrons. The van der Waals surface area contributed by atoms with E-state index in [2.05, 4.69) is 0 Å². The van der Waals surface area contributed by atoms with E-state index < -0.39 is 11.4 Å². The molecule has 1 unspecified atom stereocenters. The Morgan fingerprint density at radius 3 is 2.36 bits per heavy atom. The summed E-state index contributed by atoms with van der Waals surface area (Å²) < 4.78 is 4.78. The van der Waals surface area contributed by atoms with Gasteiger partial charge in [-0.25, -0.2) is 4.79 Å². The average molecular weight is 340 g/mol. The topological polar surface area (TPSA) is 63.6 Å². The van der Waals surface area contributed by atoms with Crippen LogP contribution in [0.15, 0.2) is 54.6 Å². The van der Waals surface area contributed by atoms with Gasteiger partial charge in [-0.05, 0) is 31.4 Å². The molecule has 1 heterocycles. The summed E-state index contributed by atoms with van der Waals surface area (Å²) in [5.74, 6) is -0.899. The summed E-state index contributed by atoms with van der Waals surface area (Å²) in [4.78, 5) is 22.1. The van der Waals surface area contributed by atoms with Crippen molar-refractivity contribution in [1.29, 1.82) is 0 Å². The Kier molecular flexibility index (Phi) is 6.34. The number of carbonyl (C=O) groups excluding carboxylic acids is 1. The molecule has 0 aromatic heterocycles. The molecule has 0 amide bonds. The van der Waals surface area contributed by atoms with Gasteiger partial charge in [0.25, 0.3) is 0 Å². The van der Waals surface area contributed by atoms with Gasteiger partial charge in [-0.15, -0.1) is 0 Å². The van der Waals surface area contributed by atoms with Crippen molar-refractivity contribution in [2.45, 2.75) is 39.7 Å². The van der Waals surface area contributed by atoms with Crippen molar-refractivity contribution in [1.82, 2.24) is 0 Å². The van der Waals surface area contributed by atoms with Crippen LogP contribution in [0.1, 0.15) is 48.2 Å². The lowest BCUT2D eigenvalue weighted by molar-refractivity contribution is -0.148. The highest BCUT2D eigenvalue weighted by atomic mass is 16.5. The number of rotatable bonds is 5. The van der Waals surface area contributed by atoms with Crippen molar-refractivity contribution in [3.05, 3.63) is 71.3 Å². The number of hydrogen-bond acceptors (Lipinski definition) is 3. The third-order valence-electron chi connectivity index (χ3n) is 4.35. The number of esters is 1. The lowest BCUT2D eigenvalue weighted by Crippen LogP contribution is -2.29. The van der Waals surface area contributed by atoms with E-state index in [0.29, 0.717) is 18.6 Å². The zero-order chi connectivity index (χ0) is 18.3. The largest absolute Gasteiger partial charge is 0.481 e. The van der Waals surface area contributed by atoms with Crippen LogP contribution in [0.5, 0.6) is 0 Å². The van der Waals surface area contributed by atoms with Gasteiger partial charge >= 0.3 is 11.9 Å². The van der Waals surface area contributed by atoms with Crippen LogP contribution in [-0.2, 0) is 22.6 Å². The molecule has 1 atom stereocenters. The highest BCUT2D eigenvalue weighted by Crippen LogP contribution is 2.28. The minimum Gasteiger partial charge on any atom is -0.481 e. The number of carbonyl (C=O) groups is 2. The van der Waals surface area contributed by atoms with Crippen molar-refractivity contribution in [2.75, 3.05) is 0 Å². The number of fused-ring (bicyclic) bond motifs is 1. The molecule has 2 aromatic carbocycles. The van der Waals surface area contributed by atoms with E-state index in [-0.39, 0.29) is 5.97 Å². The van der Waals surface area contributed by atoms with Crippen molar-refractivity contribution in [2.24, 2.45) is 5.41 Å². The Morgan fingerprint density at radius 1 is 1.12 bits per heavy atom. The van der Waals surface area contributed by atoms with Gasteiger partial charge in [0.1, 0.15) is 6.61 Å². The number of cyclic esters (lactones) is 1. The van der Waals surface area contributed by atoms with Gasteiger partial charge in [0, 0.05) is 5.56 Å². The van der Waals surface area contributed by atoms with Gasteiger partial charge in [0.15, 0.2) is 0 Å². The maximum Gasteiger partial charge on any atom is 0.338 e. The average Bonchev–Trinajstić information content (AvgIpc) is 2.98. The quantitative estimate of drug-likeness (QED) is 0.815. The van der Waals surface area contributed by atoms with Crippen molar-refractivity contribution in [3.63, 3.8) is 0 Å². The van der Waals surface area contributed by atoms with Gasteiger partial charge in [0.05, 0.1) is 11.0 Å². The molecule has 1 aliphatic heterocycles. The van der Waals surface area contributed by atoms with Crippen molar-refractivity contribution < 1.29 is 19.4 Å². The van der Waals surface area contributed by atoms with Gasteiger partial charge < -0.3 is 9.84 Å². The smallest absolute Gasteiger partial charge is 0.338 e. The van der Waals surface area contributed by atoms with E-state index >= 15 is 0 Å². The van der Waals surface area contributed by atoms with E-state index in [4.69, 9.17) is 4.74 Å². The number of carboxylic acid groups (broad SMARTS) is 1. The molecule has 0 saturated carbocycles. The molecule has 0 fully saturated rings. The number of ether oxygens (including phenoxy) is 1. The lowest BCUT2D eigenvalue weighted by Gasteiger charge is -2.24. The van der Waals surface area contributed by atoms with E-state index in [1.54, 1.807) is 6.07 Å². The van der Waals surface area contributed by atoms with E-state index in [1.807, 2.05) is 62.4 Å². The summed E-state index contributed by atoms with van der Waals surface area (Å²) in [5, 5.41) is 9.22. The highest BCUT2D eigenvalue weighted by Gasteiger charge is 2.32. The molecule has 4 heteroatoms. The zero-order valence-electron chi connectivity index (χ0n) is 14.7. The predicted octanol–water partition coefficient (Wildman–Crippen LogP) is 4.48. The van der Waals surface area contributed by atoms with Crippen molar-refractivity contribution in [3.8, 4) is 0 Å². The molecule has 4 nitrogen and oxygen atoms in total. The van der Waals surface area contributed by atoms with Crippen LogP contribution in [0.4, 0.5) is 0 Å². The molecule has 1 N–H and O–H groups in total. The Labute approximate surface area is 148 Å². The fourth-order valence-corrected chi connectivity index (χ4v) is 2.94. The molecule has 0 bridgehead atoms. The molecule has 0 saturated heterocycles. The number of aliphatic carboxylic acids is 1. The lowest BCUT2D eigenvalue weighted by atomic mass is 9.80. The maximum absolute atomic E-state index is 11.2. The Morgan fingerprint density at radius 2 is 1.76 bits per heavy atom. The van der Waals surface area contributed by atoms with Crippen LogP contribution in [0, 0.1) is 5.41 Å². The summed E-state index contributed by atoms with van der Waals surface area (Å²) >= 11 is 0. The Bertz CT molecular complexity index is 724. The minimum absolute atomic E-state index is 0.199. The predicted molar refractivity (Wildman–Crippen MR) is 96.4 cm³/mol. The molecular formula is C21H24O4. The maximum atomic E-state index is 11.2. The normalized spacial score (nSPS) is 14.6. The minimum atomic E-state index is -0.701. The van der Waals surface area contributed by atoms with Gasteiger partial charge in [-0.2, -0.15) is 0 Å². The highest BCUT2D eigenvalue weighted by molar-refractivity contribution is 5.93. The fraction of sp³-hybridized carbons (Fsp3) is 0.333. The van der Waals surface area contributed by atoms with Gasteiger partial charge in [-0.3, -0.25) is 4.79 Å². The van der Waals surface area contributed by atoms with Crippen LogP contribution < -0.4 is 0 Å². The standard InChI is InChI=1S/C13H18O2.C8H6O2/c1-3-9-13(2,12(14)15)10-11-7-5-4-6-8-11;9-8-7-4-2-1-3-6(7)5-10-8/h4-8H,3,9-10H2,1-2H3,(H,14,15);1-4H,5H2. The number of benzene rings is 2. The molecule has 0 aliphatic carbocycles. The van der Waals surface area contributed by atoms with E-state index in [9.17, 15) is 14.7 Å². The van der Waals surface area contributed by atoms with Gasteiger partial charge in [-0.1, -0.05) is 61.9 Å². The first-order valence-corrected chi connectivity index (χ1v) is 8.48. The second-order valence-corrected chi connectivity index (χ2v) is 6.51. The third kappa shape index (κ3) is 4.92.